The molecular weight excluding hydrogens is 210 g/mol. The van der Waals surface area contributed by atoms with Crippen LogP contribution in [0.2, 0.25) is 0 Å². The lowest BCUT2D eigenvalue weighted by Crippen LogP contribution is -2.61. The minimum atomic E-state index is -0.358. The average Bonchev–Trinajstić information content (AvgIpc) is 2.42. The van der Waals surface area contributed by atoms with Gasteiger partial charge in [0.2, 0.25) is 0 Å². The van der Waals surface area contributed by atoms with Gasteiger partial charge in [-0.3, -0.25) is 4.79 Å². The van der Waals surface area contributed by atoms with Gasteiger partial charge in [0.15, 0.2) is 0 Å². The zero-order chi connectivity index (χ0) is 11.1. The quantitative estimate of drug-likeness (QED) is 0.690. The molecule has 86 valence electrons. The summed E-state index contributed by atoms with van der Waals surface area (Å²) in [4.78, 5) is 12.0. The number of thioether (sulfide) groups is 1. The zero-order valence-electron chi connectivity index (χ0n) is 9.63. The molecule has 0 saturated carbocycles. The molecular formula is C11H19NO2S. The summed E-state index contributed by atoms with van der Waals surface area (Å²) in [6, 6.07) is 0. The summed E-state index contributed by atoms with van der Waals surface area (Å²) in [6.45, 7) is 7.71. The van der Waals surface area contributed by atoms with Crippen LogP contribution in [0.3, 0.4) is 0 Å². The van der Waals surface area contributed by atoms with Crippen LogP contribution in [0.1, 0.15) is 27.2 Å². The van der Waals surface area contributed by atoms with Crippen LogP contribution in [0, 0.1) is 5.92 Å². The fourth-order valence-corrected chi connectivity index (χ4v) is 3.75. The van der Waals surface area contributed by atoms with Gasteiger partial charge in [0, 0.05) is 13.1 Å². The molecule has 3 nitrogen and oxygen atoms in total. The summed E-state index contributed by atoms with van der Waals surface area (Å²) in [5.74, 6) is 1.18. The number of ether oxygens (including phenoxy) is 1. The van der Waals surface area contributed by atoms with Gasteiger partial charge in [-0.1, -0.05) is 0 Å². The third-order valence-corrected chi connectivity index (χ3v) is 4.56. The van der Waals surface area contributed by atoms with Crippen molar-refractivity contribution in [1.82, 2.24) is 5.32 Å². The van der Waals surface area contributed by atoms with Gasteiger partial charge in [0.05, 0.1) is 10.7 Å². The Balaban J connectivity index is 2.01. The lowest BCUT2D eigenvalue weighted by atomic mass is 9.85. The van der Waals surface area contributed by atoms with Crippen molar-refractivity contribution in [2.75, 3.05) is 18.8 Å². The maximum Gasteiger partial charge on any atom is 0.311 e. The van der Waals surface area contributed by atoms with Gasteiger partial charge in [0.25, 0.3) is 0 Å². The Morgan fingerprint density at radius 3 is 2.60 bits per heavy atom. The molecule has 0 radical (unpaired) electrons. The summed E-state index contributed by atoms with van der Waals surface area (Å²) in [5, 5.41) is 3.26. The van der Waals surface area contributed by atoms with E-state index in [1.54, 1.807) is 0 Å². The molecule has 15 heavy (non-hydrogen) atoms. The van der Waals surface area contributed by atoms with Gasteiger partial charge < -0.3 is 10.1 Å². The minimum absolute atomic E-state index is 0.00556. The van der Waals surface area contributed by atoms with E-state index < -0.39 is 0 Å². The van der Waals surface area contributed by atoms with E-state index in [0.29, 0.717) is 0 Å². The highest BCUT2D eigenvalue weighted by Crippen LogP contribution is 2.46. The molecule has 2 heterocycles. The molecule has 1 spiro atoms. The number of hydrogen-bond acceptors (Lipinski definition) is 4. The summed E-state index contributed by atoms with van der Waals surface area (Å²) < 4.78 is 5.63. The predicted molar refractivity (Wildman–Crippen MR) is 62.0 cm³/mol. The third-order valence-electron chi connectivity index (χ3n) is 2.97. The highest BCUT2D eigenvalue weighted by Gasteiger charge is 2.52. The lowest BCUT2D eigenvalue weighted by molar-refractivity contribution is -0.161. The van der Waals surface area contributed by atoms with Crippen molar-refractivity contribution in [3.8, 4) is 0 Å². The fraction of sp³-hybridized carbons (Fsp3) is 0.909. The SMILES string of the molecule is CC(C)(C)OC(=O)C1CCSC12CNC2. The van der Waals surface area contributed by atoms with Gasteiger partial charge >= 0.3 is 5.97 Å². The van der Waals surface area contributed by atoms with E-state index in [0.717, 1.165) is 25.3 Å². The van der Waals surface area contributed by atoms with Crippen LogP contribution in [0.5, 0.6) is 0 Å². The van der Waals surface area contributed by atoms with Gasteiger partial charge in [0.1, 0.15) is 5.60 Å². The van der Waals surface area contributed by atoms with E-state index in [4.69, 9.17) is 4.74 Å². The van der Waals surface area contributed by atoms with E-state index >= 15 is 0 Å². The molecule has 0 aromatic rings. The van der Waals surface area contributed by atoms with Crippen LogP contribution in [-0.4, -0.2) is 35.2 Å². The largest absolute Gasteiger partial charge is 0.460 e. The van der Waals surface area contributed by atoms with Crippen molar-refractivity contribution < 1.29 is 9.53 Å². The summed E-state index contributed by atoms with van der Waals surface area (Å²) >= 11 is 1.93. The van der Waals surface area contributed by atoms with Crippen LogP contribution in [0.15, 0.2) is 0 Å². The summed E-state index contributed by atoms with van der Waals surface area (Å²) in [7, 11) is 0. The fourth-order valence-electron chi connectivity index (χ4n) is 2.17. The van der Waals surface area contributed by atoms with E-state index in [9.17, 15) is 4.79 Å². The Morgan fingerprint density at radius 2 is 2.13 bits per heavy atom. The van der Waals surface area contributed by atoms with Crippen molar-refractivity contribution in [2.45, 2.75) is 37.5 Å². The molecule has 0 bridgehead atoms. The Hall–Kier alpha value is -0.220. The summed E-state index contributed by atoms with van der Waals surface area (Å²) in [6.07, 6.45) is 0.973. The average molecular weight is 229 g/mol. The monoisotopic (exact) mass is 229 g/mol. The van der Waals surface area contributed by atoms with Crippen LogP contribution < -0.4 is 5.32 Å². The number of esters is 1. The van der Waals surface area contributed by atoms with Crippen LogP contribution in [0.4, 0.5) is 0 Å². The van der Waals surface area contributed by atoms with E-state index in [1.165, 1.54) is 0 Å². The van der Waals surface area contributed by atoms with E-state index in [1.807, 2.05) is 32.5 Å². The molecule has 0 aromatic heterocycles. The second kappa shape index (κ2) is 3.67. The van der Waals surface area contributed by atoms with Crippen LogP contribution in [0.25, 0.3) is 0 Å². The number of nitrogens with one attached hydrogen (secondary N) is 1. The number of carbonyl (C=O) groups excluding carboxylic acids is 1. The Kier molecular flexibility index (Phi) is 2.75. The summed E-state index contributed by atoms with van der Waals surface area (Å²) in [5.41, 5.74) is -0.358. The maximum absolute atomic E-state index is 12.0. The first-order chi connectivity index (χ1) is 6.93. The zero-order valence-corrected chi connectivity index (χ0v) is 10.4. The normalized spacial score (nSPS) is 28.9. The maximum atomic E-state index is 12.0. The number of rotatable bonds is 1. The van der Waals surface area contributed by atoms with Crippen molar-refractivity contribution >= 4 is 17.7 Å². The van der Waals surface area contributed by atoms with Gasteiger partial charge in [-0.15, -0.1) is 0 Å². The molecule has 2 aliphatic rings. The Labute approximate surface area is 95.3 Å². The Morgan fingerprint density at radius 1 is 1.47 bits per heavy atom. The molecule has 0 amide bonds. The first-order valence-electron chi connectivity index (χ1n) is 5.50. The number of hydrogen-bond donors (Lipinski definition) is 1. The van der Waals surface area contributed by atoms with E-state index in [2.05, 4.69) is 5.32 Å². The molecule has 4 heteroatoms. The van der Waals surface area contributed by atoms with Crippen LogP contribution in [-0.2, 0) is 9.53 Å². The van der Waals surface area contributed by atoms with Gasteiger partial charge in [-0.2, -0.15) is 11.8 Å². The van der Waals surface area contributed by atoms with Crippen molar-refractivity contribution in [3.05, 3.63) is 0 Å². The molecule has 2 aliphatic heterocycles. The van der Waals surface area contributed by atoms with Crippen molar-refractivity contribution in [1.29, 1.82) is 0 Å². The first-order valence-corrected chi connectivity index (χ1v) is 6.49. The van der Waals surface area contributed by atoms with Crippen LogP contribution >= 0.6 is 11.8 Å². The highest BCUT2D eigenvalue weighted by molar-refractivity contribution is 8.01. The van der Waals surface area contributed by atoms with E-state index in [-0.39, 0.29) is 22.2 Å². The second-order valence-electron chi connectivity index (χ2n) is 5.39. The molecule has 1 N–H and O–H groups in total. The smallest absolute Gasteiger partial charge is 0.311 e. The molecule has 0 aromatic carbocycles. The molecule has 1 unspecified atom stereocenters. The Bertz CT molecular complexity index is 268. The second-order valence-corrected chi connectivity index (χ2v) is 6.90. The topological polar surface area (TPSA) is 38.3 Å². The minimum Gasteiger partial charge on any atom is -0.460 e. The standard InChI is InChI=1S/C11H19NO2S/c1-10(2,3)14-9(13)8-4-5-15-11(8)6-12-7-11/h8,12H,4-7H2,1-3H3. The molecule has 0 aliphatic carbocycles. The van der Waals surface area contributed by atoms with Gasteiger partial charge in [-0.25, -0.2) is 0 Å². The molecule has 2 fully saturated rings. The molecule has 2 saturated heterocycles. The third kappa shape index (κ3) is 2.16. The lowest BCUT2D eigenvalue weighted by Gasteiger charge is -2.42. The highest BCUT2D eigenvalue weighted by atomic mass is 32.2. The predicted octanol–water partition coefficient (Wildman–Crippen LogP) is 1.42. The number of carbonyl (C=O) groups is 1. The van der Waals surface area contributed by atoms with Gasteiger partial charge in [-0.05, 0) is 32.9 Å². The van der Waals surface area contributed by atoms with Crippen molar-refractivity contribution in [2.24, 2.45) is 5.92 Å². The molecule has 1 atom stereocenters. The first kappa shape index (κ1) is 11.3. The van der Waals surface area contributed by atoms with Crippen molar-refractivity contribution in [3.63, 3.8) is 0 Å². The molecule has 2 rings (SSSR count).